The molecule has 1 saturated heterocycles. The van der Waals surface area contributed by atoms with Gasteiger partial charge in [0, 0.05) is 43.3 Å². The minimum Gasteiger partial charge on any atom is -0.338 e. The van der Waals surface area contributed by atoms with Crippen molar-refractivity contribution in [3.8, 4) is 28.3 Å². The number of piperidine rings is 1. The third kappa shape index (κ3) is 5.90. The molecule has 0 radical (unpaired) electrons. The molecule has 0 spiro atoms. The number of nitriles is 1. The van der Waals surface area contributed by atoms with Gasteiger partial charge in [-0.3, -0.25) is 9.59 Å². The van der Waals surface area contributed by atoms with Crippen LogP contribution in [-0.4, -0.2) is 48.2 Å². The zero-order chi connectivity index (χ0) is 32.6. The summed E-state index contributed by atoms with van der Waals surface area (Å²) in [4.78, 5) is 27.3. The van der Waals surface area contributed by atoms with E-state index in [4.69, 9.17) is 5.73 Å². The van der Waals surface area contributed by atoms with Crippen molar-refractivity contribution in [2.45, 2.75) is 37.6 Å². The molecule has 232 valence electrons. The number of hydrogen-bond donors (Lipinski definition) is 2. The molecule has 3 N–H and O–H groups in total. The lowest BCUT2D eigenvalue weighted by molar-refractivity contribution is -0.114. The number of nitrogens with one attached hydrogen (secondary N) is 1. The highest BCUT2D eigenvalue weighted by molar-refractivity contribution is 7.90. The van der Waals surface area contributed by atoms with Crippen molar-refractivity contribution >= 4 is 38.4 Å². The fourth-order valence-electron chi connectivity index (χ4n) is 5.85. The highest BCUT2D eigenvalue weighted by Gasteiger charge is 2.29. The Labute approximate surface area is 267 Å². The van der Waals surface area contributed by atoms with Crippen molar-refractivity contribution in [3.05, 3.63) is 108 Å². The molecule has 2 heterocycles. The minimum absolute atomic E-state index is 0.00880. The fourth-order valence-corrected chi connectivity index (χ4v) is 7.21. The van der Waals surface area contributed by atoms with E-state index in [1.165, 1.54) is 41.4 Å². The van der Waals surface area contributed by atoms with Gasteiger partial charge < -0.3 is 16.0 Å². The van der Waals surface area contributed by atoms with Crippen molar-refractivity contribution in [1.29, 1.82) is 5.26 Å². The number of nitrogens with zero attached hydrogens (tertiary/aromatic N) is 3. The molecule has 2 amide bonds. The number of aromatic nitrogens is 1. The van der Waals surface area contributed by atoms with Gasteiger partial charge in [-0.25, -0.2) is 12.4 Å². The number of amides is 2. The number of benzene rings is 4. The fraction of sp³-hybridized carbons (Fsp3) is 0.194. The molecule has 0 aliphatic carbocycles. The Kier molecular flexibility index (Phi) is 8.21. The first kappa shape index (κ1) is 30.8. The number of likely N-dealkylation sites (tertiary alicyclic amines) is 1. The highest BCUT2D eigenvalue weighted by Crippen LogP contribution is 2.39. The van der Waals surface area contributed by atoms with Gasteiger partial charge in [0.05, 0.1) is 27.6 Å². The number of aryl methyl sites for hydroxylation is 1. The van der Waals surface area contributed by atoms with E-state index in [2.05, 4.69) is 11.4 Å². The average molecular weight is 632 g/mol. The molecule has 1 aliphatic heterocycles. The summed E-state index contributed by atoms with van der Waals surface area (Å²) in [6.45, 7) is 4.33. The van der Waals surface area contributed by atoms with Crippen molar-refractivity contribution in [2.75, 3.05) is 18.4 Å². The Balaban J connectivity index is 1.60. The standard InChI is InChI=1S/C36H33N5O4S/c1-23-3-7-26(8-4-23)32-20-35-33(19-31(32)27-9-5-25(21-37)6-10-27)34(36(43)40-17-15-28(38)16-18-40)22-41(35)46(44,45)30-13-11-29(12-14-30)39-24(2)42/h3-14,19-20,22,28H,15-18,38H2,1-2H3,(H,39,42). The lowest BCUT2D eigenvalue weighted by Crippen LogP contribution is -2.42. The maximum atomic E-state index is 14.3. The van der Waals surface area contributed by atoms with Gasteiger partial charge in [0.25, 0.3) is 15.9 Å². The first-order chi connectivity index (χ1) is 22.0. The van der Waals surface area contributed by atoms with Gasteiger partial charge in [0.1, 0.15) is 0 Å². The van der Waals surface area contributed by atoms with E-state index in [0.717, 1.165) is 27.8 Å². The largest absolute Gasteiger partial charge is 0.338 e. The van der Waals surface area contributed by atoms with Crippen LogP contribution in [0.5, 0.6) is 0 Å². The third-order valence-corrected chi connectivity index (χ3v) is 10.1. The molecule has 5 aromatic rings. The van der Waals surface area contributed by atoms with Crippen LogP contribution in [0.4, 0.5) is 5.69 Å². The zero-order valence-corrected chi connectivity index (χ0v) is 26.3. The Hall–Kier alpha value is -5.24. The third-order valence-electron chi connectivity index (χ3n) is 8.39. The molecule has 0 atom stereocenters. The second-order valence-electron chi connectivity index (χ2n) is 11.6. The number of fused-ring (bicyclic) bond motifs is 1. The van der Waals surface area contributed by atoms with Crippen molar-refractivity contribution in [3.63, 3.8) is 0 Å². The number of rotatable bonds is 6. The lowest BCUT2D eigenvalue weighted by Gasteiger charge is -2.30. The number of nitrogens with two attached hydrogens (primary N) is 1. The van der Waals surface area contributed by atoms with Crippen LogP contribution in [0.2, 0.25) is 0 Å². The Morgan fingerprint density at radius 1 is 0.891 bits per heavy atom. The molecule has 1 fully saturated rings. The summed E-state index contributed by atoms with van der Waals surface area (Å²) >= 11 is 0. The molecule has 9 nitrogen and oxygen atoms in total. The second kappa shape index (κ2) is 12.3. The number of anilines is 1. The summed E-state index contributed by atoms with van der Waals surface area (Å²) in [5.41, 5.74) is 12.1. The van der Waals surface area contributed by atoms with Crippen molar-refractivity contribution < 1.29 is 18.0 Å². The molecular formula is C36H33N5O4S. The van der Waals surface area contributed by atoms with Crippen molar-refractivity contribution in [1.82, 2.24) is 8.87 Å². The van der Waals surface area contributed by atoms with Gasteiger partial charge in [-0.1, -0.05) is 42.0 Å². The monoisotopic (exact) mass is 631 g/mol. The Morgan fingerprint density at radius 3 is 2.07 bits per heavy atom. The molecule has 0 bridgehead atoms. The van der Waals surface area contributed by atoms with E-state index in [9.17, 15) is 23.3 Å². The molecular weight excluding hydrogens is 598 g/mol. The molecule has 0 unspecified atom stereocenters. The Morgan fingerprint density at radius 2 is 1.48 bits per heavy atom. The van der Waals surface area contributed by atoms with Crippen LogP contribution in [-0.2, 0) is 14.8 Å². The van der Waals surface area contributed by atoms with Crippen LogP contribution < -0.4 is 11.1 Å². The Bertz CT molecular complexity index is 2100. The topological polar surface area (TPSA) is 138 Å². The molecule has 0 saturated carbocycles. The van der Waals surface area contributed by atoms with E-state index < -0.39 is 10.0 Å². The highest BCUT2D eigenvalue weighted by atomic mass is 32.2. The molecule has 6 rings (SSSR count). The van der Waals surface area contributed by atoms with Gasteiger partial charge in [-0.15, -0.1) is 0 Å². The van der Waals surface area contributed by atoms with Crippen LogP contribution >= 0.6 is 0 Å². The predicted molar refractivity (Wildman–Crippen MR) is 179 cm³/mol. The summed E-state index contributed by atoms with van der Waals surface area (Å²) in [5, 5.41) is 12.5. The number of carbonyl (C=O) groups is 2. The number of carbonyl (C=O) groups excluding carboxylic acids is 2. The van der Waals surface area contributed by atoms with Gasteiger partial charge in [0.2, 0.25) is 5.91 Å². The predicted octanol–water partition coefficient (Wildman–Crippen LogP) is 5.91. The molecule has 1 aromatic heterocycles. The normalized spacial score (nSPS) is 13.8. The second-order valence-corrected chi connectivity index (χ2v) is 13.5. The zero-order valence-electron chi connectivity index (χ0n) is 25.5. The van der Waals surface area contributed by atoms with Gasteiger partial charge >= 0.3 is 0 Å². The maximum absolute atomic E-state index is 14.3. The molecule has 1 aliphatic rings. The van der Waals surface area contributed by atoms with Crippen molar-refractivity contribution in [2.24, 2.45) is 5.73 Å². The van der Waals surface area contributed by atoms with E-state index in [1.54, 1.807) is 17.0 Å². The van der Waals surface area contributed by atoms with E-state index >= 15 is 0 Å². The van der Waals surface area contributed by atoms with E-state index in [0.29, 0.717) is 48.1 Å². The van der Waals surface area contributed by atoms with Crippen LogP contribution in [0, 0.1) is 18.3 Å². The summed E-state index contributed by atoms with van der Waals surface area (Å²) in [5.74, 6) is -0.531. The van der Waals surface area contributed by atoms with Crippen LogP contribution in [0.15, 0.2) is 96.0 Å². The molecule has 4 aromatic carbocycles. The summed E-state index contributed by atoms with van der Waals surface area (Å²) in [6.07, 6.45) is 2.74. The average Bonchev–Trinajstić information content (AvgIpc) is 3.44. The smallest absolute Gasteiger partial charge is 0.268 e. The number of hydrogen-bond acceptors (Lipinski definition) is 6. The van der Waals surface area contributed by atoms with Gasteiger partial charge in [-0.2, -0.15) is 5.26 Å². The molecule has 10 heteroatoms. The van der Waals surface area contributed by atoms with Crippen LogP contribution in [0.1, 0.15) is 41.3 Å². The summed E-state index contributed by atoms with van der Waals surface area (Å²) in [6, 6.07) is 26.9. The van der Waals surface area contributed by atoms with Gasteiger partial charge in [0.15, 0.2) is 0 Å². The van der Waals surface area contributed by atoms with Crippen LogP contribution in [0.25, 0.3) is 33.2 Å². The minimum atomic E-state index is -4.18. The van der Waals surface area contributed by atoms with Gasteiger partial charge in [-0.05, 0) is 90.6 Å². The first-order valence-corrected chi connectivity index (χ1v) is 16.4. The van der Waals surface area contributed by atoms with E-state index in [-0.39, 0.29) is 28.3 Å². The first-order valence-electron chi connectivity index (χ1n) is 15.0. The lowest BCUT2D eigenvalue weighted by atomic mass is 9.91. The summed E-state index contributed by atoms with van der Waals surface area (Å²) in [7, 11) is -4.18. The quantitative estimate of drug-likeness (QED) is 0.239. The maximum Gasteiger partial charge on any atom is 0.268 e. The SMILES string of the molecule is CC(=O)Nc1ccc(S(=O)(=O)n2cc(C(=O)N3CCC(N)CC3)c3cc(-c4ccc(C#N)cc4)c(-c4ccc(C)cc4)cc32)cc1. The van der Waals surface area contributed by atoms with E-state index in [1.807, 2.05) is 55.5 Å². The molecule has 46 heavy (non-hydrogen) atoms. The van der Waals surface area contributed by atoms with Crippen LogP contribution in [0.3, 0.4) is 0 Å². The summed E-state index contributed by atoms with van der Waals surface area (Å²) < 4.78 is 29.7.